The van der Waals surface area contributed by atoms with Gasteiger partial charge in [0, 0.05) is 19.3 Å². The number of aliphatic hydroxyl groups excluding tert-OH is 1. The highest BCUT2D eigenvalue weighted by molar-refractivity contribution is 7.47. The van der Waals surface area contributed by atoms with Gasteiger partial charge >= 0.3 is 25.7 Å². The van der Waals surface area contributed by atoms with E-state index in [1.807, 2.05) is 0 Å². The number of phosphoric acid groups is 1. The zero-order valence-corrected chi connectivity index (χ0v) is 47.3. The molecular weight excluding hydrogens is 928 g/mol. The molecule has 0 aromatic rings. The van der Waals surface area contributed by atoms with Gasteiger partial charge in [0.1, 0.15) is 12.7 Å². The highest BCUT2D eigenvalue weighted by Gasteiger charge is 2.28. The van der Waals surface area contributed by atoms with Crippen molar-refractivity contribution in [3.05, 3.63) is 48.6 Å². The van der Waals surface area contributed by atoms with Gasteiger partial charge in [0.05, 0.1) is 19.8 Å². The normalized spacial score (nSPS) is 13.7. The summed E-state index contributed by atoms with van der Waals surface area (Å²) >= 11 is 0. The van der Waals surface area contributed by atoms with E-state index in [0.717, 1.165) is 109 Å². The number of allylic oxidation sites excluding steroid dienone is 8. The van der Waals surface area contributed by atoms with Crippen LogP contribution in [-0.2, 0) is 42.2 Å². The molecule has 2 N–H and O–H groups in total. The number of hydrogen-bond acceptors (Lipinski definition) is 10. The Morgan fingerprint density at radius 2 is 0.722 bits per heavy atom. The maximum absolute atomic E-state index is 12.9. The molecule has 0 radical (unpaired) electrons. The summed E-state index contributed by atoms with van der Waals surface area (Å²) in [6.45, 7) is 4.54. The molecule has 0 aromatic heterocycles. The van der Waals surface area contributed by atoms with Gasteiger partial charge in [0.15, 0.2) is 6.10 Å². The van der Waals surface area contributed by atoms with Crippen molar-refractivity contribution in [1.29, 1.82) is 0 Å². The van der Waals surface area contributed by atoms with Gasteiger partial charge in [-0.15, -0.1) is 0 Å². The van der Waals surface area contributed by atoms with E-state index in [9.17, 15) is 28.9 Å². The molecule has 420 valence electrons. The zero-order valence-electron chi connectivity index (χ0n) is 46.4. The van der Waals surface area contributed by atoms with Crippen LogP contribution in [-0.4, -0.2) is 66.5 Å². The predicted octanol–water partition coefficient (Wildman–Crippen LogP) is 17.4. The van der Waals surface area contributed by atoms with Crippen LogP contribution in [0.15, 0.2) is 48.6 Å². The molecule has 3 unspecified atom stereocenters. The lowest BCUT2D eigenvalue weighted by Crippen LogP contribution is -2.30. The Morgan fingerprint density at radius 1 is 0.403 bits per heavy atom. The summed E-state index contributed by atoms with van der Waals surface area (Å²) in [5.74, 6) is -1.48. The molecule has 0 amide bonds. The van der Waals surface area contributed by atoms with Crippen molar-refractivity contribution in [1.82, 2.24) is 0 Å². The quantitative estimate of drug-likeness (QED) is 0.0197. The lowest BCUT2D eigenvalue weighted by Gasteiger charge is -2.21. The molecule has 11 nitrogen and oxygen atoms in total. The van der Waals surface area contributed by atoms with E-state index in [1.54, 1.807) is 0 Å². The summed E-state index contributed by atoms with van der Waals surface area (Å²) in [7, 11) is -4.75. The van der Waals surface area contributed by atoms with Crippen LogP contribution >= 0.6 is 7.82 Å². The Balaban J connectivity index is 4.71. The minimum Gasteiger partial charge on any atom is -0.462 e. The summed E-state index contributed by atoms with van der Waals surface area (Å²) in [4.78, 5) is 48.5. The average Bonchev–Trinajstić information content (AvgIpc) is 3.37. The second-order valence-corrected chi connectivity index (χ2v) is 21.2. The second kappa shape index (κ2) is 54.7. The summed E-state index contributed by atoms with van der Waals surface area (Å²) in [5, 5.41) is 9.82. The molecule has 0 aliphatic carbocycles. The first-order valence-electron chi connectivity index (χ1n) is 29.5. The number of carbonyl (C=O) groups excluding carboxylic acids is 3. The number of phosphoric ester groups is 1. The standard InChI is InChI=1S/C60H109O11P/c1-4-7-10-13-16-19-22-25-28-31-34-37-40-43-46-49-58(62)67-53-57(71-60(64)51-48-45-42-39-36-33-30-27-24-21-18-15-12-9-6-3)55-69-72(65,66)68-54-56(52-61)70-59(63)50-47-44-41-38-35-32-29-26-23-20-17-14-11-8-5-2/h9,12,18,21,25,27-28,30,56-57,61H,4-8,10-11,13-17,19-20,22-24,26,29,31-55H2,1-3H3,(H,65,66)/b12-9-,21-18-,28-25-,30-27-. The first-order valence-corrected chi connectivity index (χ1v) is 31.0. The van der Waals surface area contributed by atoms with Gasteiger partial charge in [-0.05, 0) is 77.0 Å². The van der Waals surface area contributed by atoms with Crippen molar-refractivity contribution in [2.24, 2.45) is 0 Å². The van der Waals surface area contributed by atoms with Crippen LogP contribution in [0.3, 0.4) is 0 Å². The SMILES string of the molecule is CC/C=C\C/C=C\C/C=C\CCCCCCCC(=O)OC(COC(=O)CCCCCCC/C=C\CCCCCCCC)COP(=O)(O)OCC(CO)OC(=O)CCCCCCCCCCCCCCCCC. The molecule has 0 spiro atoms. The van der Waals surface area contributed by atoms with Gasteiger partial charge in [-0.3, -0.25) is 23.4 Å². The molecule has 0 rings (SSSR count). The Bertz CT molecular complexity index is 1400. The molecule has 0 aliphatic rings. The van der Waals surface area contributed by atoms with Crippen molar-refractivity contribution in [3.63, 3.8) is 0 Å². The molecule has 0 heterocycles. The minimum absolute atomic E-state index is 0.148. The van der Waals surface area contributed by atoms with Gasteiger partial charge in [-0.2, -0.15) is 0 Å². The van der Waals surface area contributed by atoms with Crippen LogP contribution in [0.25, 0.3) is 0 Å². The molecule has 12 heteroatoms. The van der Waals surface area contributed by atoms with Crippen LogP contribution in [0.2, 0.25) is 0 Å². The van der Waals surface area contributed by atoms with E-state index >= 15 is 0 Å². The monoisotopic (exact) mass is 1040 g/mol. The van der Waals surface area contributed by atoms with Crippen LogP contribution in [0, 0.1) is 0 Å². The number of rotatable bonds is 55. The van der Waals surface area contributed by atoms with Crippen LogP contribution in [0.1, 0.15) is 278 Å². The van der Waals surface area contributed by atoms with E-state index in [4.69, 9.17) is 23.3 Å². The summed E-state index contributed by atoms with van der Waals surface area (Å²) in [5.41, 5.74) is 0. The number of aliphatic hydroxyl groups is 1. The average molecular weight is 1040 g/mol. The topological polar surface area (TPSA) is 155 Å². The third kappa shape index (κ3) is 52.3. The fourth-order valence-corrected chi connectivity index (χ4v) is 9.03. The van der Waals surface area contributed by atoms with E-state index in [0.29, 0.717) is 19.3 Å². The third-order valence-electron chi connectivity index (χ3n) is 12.7. The molecule has 0 bridgehead atoms. The number of ether oxygens (including phenoxy) is 3. The Labute approximate surface area is 441 Å². The van der Waals surface area contributed by atoms with E-state index in [2.05, 4.69) is 69.4 Å². The number of hydrogen-bond donors (Lipinski definition) is 2. The molecule has 0 saturated heterocycles. The smallest absolute Gasteiger partial charge is 0.462 e. The van der Waals surface area contributed by atoms with Crippen molar-refractivity contribution in [2.75, 3.05) is 26.4 Å². The summed E-state index contributed by atoms with van der Waals surface area (Å²) in [6.07, 6.45) is 57.8. The van der Waals surface area contributed by atoms with Crippen molar-refractivity contribution in [2.45, 2.75) is 290 Å². The van der Waals surface area contributed by atoms with Gasteiger partial charge in [0.2, 0.25) is 0 Å². The maximum Gasteiger partial charge on any atom is 0.472 e. The lowest BCUT2D eigenvalue weighted by molar-refractivity contribution is -0.161. The Kier molecular flexibility index (Phi) is 52.7. The fraction of sp³-hybridized carbons (Fsp3) is 0.817. The van der Waals surface area contributed by atoms with E-state index in [1.165, 1.54) is 109 Å². The third-order valence-corrected chi connectivity index (χ3v) is 13.7. The molecule has 0 fully saturated rings. The fourth-order valence-electron chi connectivity index (χ4n) is 8.25. The Morgan fingerprint density at radius 3 is 1.12 bits per heavy atom. The largest absolute Gasteiger partial charge is 0.472 e. The molecule has 3 atom stereocenters. The highest BCUT2D eigenvalue weighted by Crippen LogP contribution is 2.43. The molecule has 72 heavy (non-hydrogen) atoms. The first kappa shape index (κ1) is 69.4. The van der Waals surface area contributed by atoms with Crippen molar-refractivity contribution in [3.8, 4) is 0 Å². The zero-order chi connectivity index (χ0) is 52.7. The van der Waals surface area contributed by atoms with Gasteiger partial charge in [0.25, 0.3) is 0 Å². The Hall–Kier alpha value is -2.56. The predicted molar refractivity (Wildman–Crippen MR) is 298 cm³/mol. The number of unbranched alkanes of at least 4 members (excludes halogenated alkanes) is 30. The molecule has 0 aromatic carbocycles. The van der Waals surface area contributed by atoms with Gasteiger partial charge in [-0.1, -0.05) is 230 Å². The highest BCUT2D eigenvalue weighted by atomic mass is 31.2. The minimum atomic E-state index is -4.75. The molecule has 0 aliphatic heterocycles. The van der Waals surface area contributed by atoms with Crippen molar-refractivity contribution >= 4 is 25.7 Å². The maximum atomic E-state index is 12.9. The van der Waals surface area contributed by atoms with Crippen LogP contribution in [0.4, 0.5) is 0 Å². The number of carbonyl (C=O) groups is 3. The van der Waals surface area contributed by atoms with Gasteiger partial charge < -0.3 is 24.2 Å². The molecular formula is C60H109O11P. The van der Waals surface area contributed by atoms with E-state index in [-0.39, 0.29) is 25.9 Å². The first-order chi connectivity index (χ1) is 35.2. The summed E-state index contributed by atoms with van der Waals surface area (Å²) < 4.78 is 39.5. The second-order valence-electron chi connectivity index (χ2n) is 19.8. The molecule has 0 saturated carbocycles. The summed E-state index contributed by atoms with van der Waals surface area (Å²) in [6, 6.07) is 0. The van der Waals surface area contributed by atoms with Crippen molar-refractivity contribution < 1.29 is 52.2 Å². The van der Waals surface area contributed by atoms with Crippen LogP contribution in [0.5, 0.6) is 0 Å². The lowest BCUT2D eigenvalue weighted by atomic mass is 10.0. The van der Waals surface area contributed by atoms with E-state index < -0.39 is 57.8 Å². The van der Waals surface area contributed by atoms with Gasteiger partial charge in [-0.25, -0.2) is 4.57 Å². The number of esters is 3. The van der Waals surface area contributed by atoms with Crippen LogP contribution < -0.4 is 0 Å².